The molecule has 15 heteroatoms. The van der Waals surface area contributed by atoms with Gasteiger partial charge in [0.25, 0.3) is 6.47 Å². The van der Waals surface area contributed by atoms with Gasteiger partial charge in [-0.2, -0.15) is 0 Å². The minimum atomic E-state index is -0.345. The molecule has 8 nitrogen and oxygen atoms in total. The number of carbonyl (C=O) groups is 3. The van der Waals surface area contributed by atoms with Crippen LogP contribution in [0.3, 0.4) is 0 Å². The molecule has 0 aromatic heterocycles. The van der Waals surface area contributed by atoms with Gasteiger partial charge in [-0.3, -0.25) is 14.4 Å². The Hall–Kier alpha value is 3.91. The first-order valence-corrected chi connectivity index (χ1v) is 13.8. The molecule has 0 aliphatic carbocycles. The van der Waals surface area contributed by atoms with Crippen LogP contribution in [0.4, 0.5) is 0 Å². The number of esters is 2. The van der Waals surface area contributed by atoms with E-state index in [-0.39, 0.29) is 202 Å². The molecule has 0 saturated heterocycles. The molecule has 216 valence electrons. The third-order valence-electron chi connectivity index (χ3n) is 3.64. The minimum Gasteiger partial charge on any atom is -1.00 e. The van der Waals surface area contributed by atoms with Crippen LogP contribution in [0.25, 0.3) is 0 Å². The molecule has 0 saturated carbocycles. The maximum Gasteiger partial charge on any atom is 1.00 e. The van der Waals surface area contributed by atoms with E-state index in [0.29, 0.717) is 19.6 Å². The summed E-state index contributed by atoms with van der Waals surface area (Å²) in [6.07, 6.45) is 2.31. The Labute approximate surface area is 411 Å². The maximum atomic E-state index is 11.1. The van der Waals surface area contributed by atoms with Crippen LogP contribution in [0.15, 0.2) is 48.5 Å². The second kappa shape index (κ2) is 45.0. The van der Waals surface area contributed by atoms with Gasteiger partial charge in [-0.1, -0.05) is 47.6 Å². The summed E-state index contributed by atoms with van der Waals surface area (Å²) in [7, 11) is 0. The number of benzene rings is 2. The van der Waals surface area contributed by atoms with Crippen molar-refractivity contribution in [3.05, 3.63) is 66.8 Å². The van der Waals surface area contributed by atoms with Crippen LogP contribution in [0.2, 0.25) is 0 Å². The van der Waals surface area contributed by atoms with E-state index in [1.807, 2.05) is 6.92 Å². The molecule has 0 unspecified atom stereocenters. The van der Waals surface area contributed by atoms with Crippen LogP contribution in [0, 0.1) is 7.14 Å². The predicted molar refractivity (Wildman–Crippen MR) is 170 cm³/mol. The molecule has 40 heavy (non-hydrogen) atoms. The average Bonchev–Trinajstić information content (AvgIpc) is 2.87. The normalized spacial score (nSPS) is 7.88. The molecule has 2 N–H and O–H groups in total. The van der Waals surface area contributed by atoms with Gasteiger partial charge in [-0.15, -0.1) is 12.4 Å². The van der Waals surface area contributed by atoms with Crippen LogP contribution < -0.4 is 165 Å². The Kier molecular flexibility index (Phi) is 66.8. The predicted octanol–water partition coefficient (Wildman–Crippen LogP) is -3.40. The van der Waals surface area contributed by atoms with E-state index in [2.05, 4.69) is 119 Å². The SMILES string of the molecule is BrCc1ccc(I)cc1.C.CCOC(=O)CCCc1ccc(I)cc1.CCOC(=O)CN.Cl.O=CO[O-].[2H-].[H-].[K+].[K+].[K+]. The van der Waals surface area contributed by atoms with Gasteiger partial charge in [0.2, 0.25) is 0 Å². The molecule has 0 bridgehead atoms. The summed E-state index contributed by atoms with van der Waals surface area (Å²) in [5.41, 5.74) is 7.49. The molecule has 0 heterocycles. The van der Waals surface area contributed by atoms with Crippen molar-refractivity contribution >= 4 is 91.9 Å². The standard InChI is InChI=1S/C12H15IO2.C7H6BrI.C4H9NO2.CH2O3.CH4.ClH.3K.2H/c1-2-15-12(14)5-3-4-10-6-8-11(13)9-7-10;8-5-6-1-3-7(9)4-2-6;1-2-7-4(6)3-5;2-1-4-3;;;;;;;/h6-9H,2-5H2,1H3;1-4H,5H2;2-3,5H2,1H3;1,3H;1H4;1H;;;;;/q;;;;;;3*+1;2*-1/p-1/i;;;;;;;;;1+1;. The van der Waals surface area contributed by atoms with Gasteiger partial charge >= 0.3 is 166 Å². The van der Waals surface area contributed by atoms with Crippen LogP contribution >= 0.6 is 73.5 Å². The van der Waals surface area contributed by atoms with E-state index in [1.165, 1.54) is 18.3 Å². The third-order valence-corrected chi connectivity index (χ3v) is 5.73. The van der Waals surface area contributed by atoms with Gasteiger partial charge in [0.1, 0.15) is 0 Å². The number of aryl methyl sites for hydroxylation is 1. The molecule has 0 aliphatic heterocycles. The zero-order valence-corrected chi connectivity index (χ0v) is 39.2. The number of ether oxygens (including phenoxy) is 2. The first kappa shape index (κ1) is 59.3. The van der Waals surface area contributed by atoms with E-state index < -0.39 is 0 Å². The van der Waals surface area contributed by atoms with Gasteiger partial charge in [0.15, 0.2) is 0 Å². The molecule has 0 aliphatic rings. The largest absolute Gasteiger partial charge is 1.00 e. The fourth-order valence-corrected chi connectivity index (χ4v) is 3.21. The Morgan fingerprint density at radius 1 is 0.925 bits per heavy atom. The number of alkyl halides is 1. The second-order valence-corrected chi connectivity index (χ2v) is 9.30. The molecule has 0 fully saturated rings. The first-order chi connectivity index (χ1) is 16.8. The summed E-state index contributed by atoms with van der Waals surface area (Å²) >= 11 is 7.96. The van der Waals surface area contributed by atoms with Gasteiger partial charge < -0.3 is 28.2 Å². The van der Waals surface area contributed by atoms with Crippen molar-refractivity contribution in [1.82, 2.24) is 0 Å². The van der Waals surface area contributed by atoms with E-state index in [1.54, 1.807) is 6.92 Å². The summed E-state index contributed by atoms with van der Waals surface area (Å²) in [6, 6.07) is 16.8. The zero-order valence-electron chi connectivity index (χ0n) is 25.1. The topological polar surface area (TPSA) is 128 Å². The number of hydrogen-bond donors (Lipinski definition) is 1. The van der Waals surface area contributed by atoms with E-state index in [4.69, 9.17) is 20.5 Å². The van der Waals surface area contributed by atoms with Gasteiger partial charge in [-0.05, 0) is 107 Å². The molecule has 0 radical (unpaired) electrons. The average molecular weight is 952 g/mol. The Balaban J connectivity index is -0.0000000509. The molecular weight excluding hydrogens is 913 g/mol. The smallest absolute Gasteiger partial charge is 1.00 e. The van der Waals surface area contributed by atoms with Crippen molar-refractivity contribution in [1.29, 1.82) is 0 Å². The Morgan fingerprint density at radius 2 is 1.30 bits per heavy atom. The molecule has 2 aromatic carbocycles. The van der Waals surface area contributed by atoms with Crippen molar-refractivity contribution in [2.45, 2.75) is 45.9 Å². The summed E-state index contributed by atoms with van der Waals surface area (Å²) in [5, 5.41) is 9.38. The minimum absolute atomic E-state index is 0. The fraction of sp³-hybridized carbons (Fsp3) is 0.400. The van der Waals surface area contributed by atoms with Crippen LogP contribution in [0.5, 0.6) is 0 Å². The van der Waals surface area contributed by atoms with Gasteiger partial charge in [0.05, 0.1) is 19.8 Å². The maximum absolute atomic E-state index is 11.1. The first-order valence-electron chi connectivity index (χ1n) is 10.6. The summed E-state index contributed by atoms with van der Waals surface area (Å²) in [6.45, 7) is 4.26. The van der Waals surface area contributed by atoms with E-state index >= 15 is 0 Å². The molecule has 2 aromatic rings. The van der Waals surface area contributed by atoms with Crippen molar-refractivity contribution in [2.24, 2.45) is 5.73 Å². The van der Waals surface area contributed by atoms with E-state index in [0.717, 1.165) is 18.2 Å². The van der Waals surface area contributed by atoms with Gasteiger partial charge in [-0.25, -0.2) is 0 Å². The summed E-state index contributed by atoms with van der Waals surface area (Å²) in [4.78, 5) is 32.4. The van der Waals surface area contributed by atoms with E-state index in [9.17, 15) is 9.59 Å². The third kappa shape index (κ3) is 41.9. The molecule has 0 atom stereocenters. The summed E-state index contributed by atoms with van der Waals surface area (Å²) < 4.78 is 11.8. The van der Waals surface area contributed by atoms with Gasteiger partial charge in [0, 0.05) is 18.9 Å². The molecule has 0 amide bonds. The number of halogens is 4. The zero-order chi connectivity index (χ0) is 26.9. The Bertz CT molecular complexity index is 841. The number of carbonyl (C=O) groups excluding carboxylic acids is 3. The summed E-state index contributed by atoms with van der Waals surface area (Å²) in [5.74, 6) is -0.439. The fourth-order valence-electron chi connectivity index (χ4n) is 2.11. The van der Waals surface area contributed by atoms with Crippen LogP contribution in [0.1, 0.15) is 48.1 Å². The number of hydrogen-bond acceptors (Lipinski definition) is 8. The Morgan fingerprint density at radius 3 is 1.60 bits per heavy atom. The quantitative estimate of drug-likeness (QED) is 0.0525. The van der Waals surface area contributed by atoms with Crippen molar-refractivity contribution in [3.8, 4) is 0 Å². The second-order valence-electron chi connectivity index (χ2n) is 6.25. The number of nitrogens with two attached hydrogens (primary N) is 1. The molecular formula is C25H38BrClI2K3NO7. The monoisotopic (exact) mass is 950 g/mol. The van der Waals surface area contributed by atoms with Crippen LogP contribution in [-0.2, 0) is 40.5 Å². The van der Waals surface area contributed by atoms with Crippen LogP contribution in [-0.4, -0.2) is 38.2 Å². The molecule has 2 rings (SSSR count). The van der Waals surface area contributed by atoms with Crippen molar-refractivity contribution in [2.75, 3.05) is 19.8 Å². The molecule has 0 spiro atoms. The number of rotatable bonds is 9. The van der Waals surface area contributed by atoms with Crippen molar-refractivity contribution in [3.63, 3.8) is 0 Å². The van der Waals surface area contributed by atoms with Crippen molar-refractivity contribution < 1.29 is 191 Å².